The first-order valence-electron chi connectivity index (χ1n) is 5.60. The standard InChI is InChI=1S/C12H14ClF3N2O/c1-3-18(2)11(19)7-17-10-5-4-8(13)6-9(10)12(14,15)16/h4-6,17H,3,7H2,1-2H3. The number of rotatable bonds is 4. The summed E-state index contributed by atoms with van der Waals surface area (Å²) in [5.74, 6) is -0.287. The van der Waals surface area contributed by atoms with Crippen LogP contribution in [0.2, 0.25) is 5.02 Å². The summed E-state index contributed by atoms with van der Waals surface area (Å²) in [6.07, 6.45) is -4.52. The van der Waals surface area contributed by atoms with Crippen LogP contribution in [0.15, 0.2) is 18.2 Å². The van der Waals surface area contributed by atoms with Gasteiger partial charge in [-0.1, -0.05) is 11.6 Å². The van der Waals surface area contributed by atoms with E-state index in [1.54, 1.807) is 14.0 Å². The molecular formula is C12H14ClF3N2O. The fraction of sp³-hybridized carbons (Fsp3) is 0.417. The molecule has 19 heavy (non-hydrogen) atoms. The van der Waals surface area contributed by atoms with Gasteiger partial charge in [-0.25, -0.2) is 0 Å². The molecule has 1 amide bonds. The average Bonchev–Trinajstić information content (AvgIpc) is 2.34. The lowest BCUT2D eigenvalue weighted by molar-refractivity contribution is -0.137. The maximum atomic E-state index is 12.8. The molecule has 0 saturated heterocycles. The van der Waals surface area contributed by atoms with Crippen molar-refractivity contribution in [2.45, 2.75) is 13.1 Å². The topological polar surface area (TPSA) is 32.3 Å². The number of halogens is 4. The van der Waals surface area contributed by atoms with Crippen LogP contribution in [0.3, 0.4) is 0 Å². The van der Waals surface area contributed by atoms with Gasteiger partial charge in [0.1, 0.15) is 0 Å². The Balaban J connectivity index is 2.87. The number of benzene rings is 1. The van der Waals surface area contributed by atoms with Crippen LogP contribution in [0.4, 0.5) is 18.9 Å². The van der Waals surface area contributed by atoms with Gasteiger partial charge in [-0.3, -0.25) is 4.79 Å². The zero-order valence-corrected chi connectivity index (χ0v) is 11.3. The third-order valence-electron chi connectivity index (χ3n) is 2.62. The molecule has 106 valence electrons. The van der Waals surface area contributed by atoms with Crippen LogP contribution in [0.5, 0.6) is 0 Å². The van der Waals surface area contributed by atoms with Gasteiger partial charge in [0, 0.05) is 24.3 Å². The molecule has 1 aromatic rings. The molecule has 0 spiro atoms. The number of hydrogen-bond donors (Lipinski definition) is 1. The highest BCUT2D eigenvalue weighted by molar-refractivity contribution is 6.30. The Kier molecular flexibility index (Phi) is 5.05. The van der Waals surface area contributed by atoms with Gasteiger partial charge in [-0.15, -0.1) is 0 Å². The average molecular weight is 295 g/mol. The monoisotopic (exact) mass is 294 g/mol. The van der Waals surface area contributed by atoms with Crippen molar-refractivity contribution in [1.82, 2.24) is 4.90 Å². The molecule has 0 aliphatic carbocycles. The van der Waals surface area contributed by atoms with E-state index in [0.29, 0.717) is 6.54 Å². The highest BCUT2D eigenvalue weighted by atomic mass is 35.5. The third-order valence-corrected chi connectivity index (χ3v) is 2.85. The SMILES string of the molecule is CCN(C)C(=O)CNc1ccc(Cl)cc1C(F)(F)F. The van der Waals surface area contributed by atoms with Gasteiger partial charge < -0.3 is 10.2 Å². The Hall–Kier alpha value is -1.43. The molecular weight excluding hydrogens is 281 g/mol. The van der Waals surface area contributed by atoms with Crippen molar-refractivity contribution in [2.24, 2.45) is 0 Å². The van der Waals surface area contributed by atoms with E-state index in [1.807, 2.05) is 0 Å². The number of amides is 1. The van der Waals surface area contributed by atoms with E-state index >= 15 is 0 Å². The number of hydrogen-bond acceptors (Lipinski definition) is 2. The van der Waals surface area contributed by atoms with Crippen LogP contribution in [0, 0.1) is 0 Å². The minimum absolute atomic E-state index is 0.00474. The number of carbonyl (C=O) groups is 1. The molecule has 0 radical (unpaired) electrons. The van der Waals surface area contributed by atoms with Crippen molar-refractivity contribution in [3.05, 3.63) is 28.8 Å². The van der Waals surface area contributed by atoms with E-state index in [-0.39, 0.29) is 23.2 Å². The summed E-state index contributed by atoms with van der Waals surface area (Å²) in [4.78, 5) is 12.9. The number of nitrogens with zero attached hydrogens (tertiary/aromatic N) is 1. The van der Waals surface area contributed by atoms with E-state index in [9.17, 15) is 18.0 Å². The van der Waals surface area contributed by atoms with Crippen molar-refractivity contribution >= 4 is 23.2 Å². The van der Waals surface area contributed by atoms with Crippen LogP contribution < -0.4 is 5.32 Å². The predicted octanol–water partition coefficient (Wildman–Crippen LogP) is 3.25. The zero-order chi connectivity index (χ0) is 14.6. The first kappa shape index (κ1) is 15.6. The molecule has 0 aliphatic rings. The summed E-state index contributed by atoms with van der Waals surface area (Å²) >= 11 is 5.56. The van der Waals surface area contributed by atoms with Gasteiger partial charge in [0.2, 0.25) is 5.91 Å². The number of anilines is 1. The number of likely N-dealkylation sites (N-methyl/N-ethyl adjacent to an activating group) is 1. The van der Waals surface area contributed by atoms with Crippen molar-refractivity contribution in [3.8, 4) is 0 Å². The quantitative estimate of drug-likeness (QED) is 0.924. The molecule has 0 saturated carbocycles. The minimum Gasteiger partial charge on any atom is -0.376 e. The maximum absolute atomic E-state index is 12.8. The molecule has 1 N–H and O–H groups in total. The van der Waals surface area contributed by atoms with E-state index in [2.05, 4.69) is 5.32 Å². The highest BCUT2D eigenvalue weighted by Crippen LogP contribution is 2.36. The van der Waals surface area contributed by atoms with Gasteiger partial charge in [0.05, 0.1) is 12.1 Å². The maximum Gasteiger partial charge on any atom is 0.418 e. The second-order valence-electron chi connectivity index (χ2n) is 3.95. The molecule has 7 heteroatoms. The first-order valence-corrected chi connectivity index (χ1v) is 5.98. The molecule has 0 bridgehead atoms. The lowest BCUT2D eigenvalue weighted by Gasteiger charge is -2.18. The third kappa shape index (κ3) is 4.31. The van der Waals surface area contributed by atoms with Crippen molar-refractivity contribution in [2.75, 3.05) is 25.5 Å². The summed E-state index contributed by atoms with van der Waals surface area (Å²) in [5, 5.41) is 2.49. The van der Waals surface area contributed by atoms with Crippen molar-refractivity contribution in [3.63, 3.8) is 0 Å². The molecule has 0 aliphatic heterocycles. The smallest absolute Gasteiger partial charge is 0.376 e. The van der Waals surface area contributed by atoms with Crippen molar-refractivity contribution in [1.29, 1.82) is 0 Å². The lowest BCUT2D eigenvalue weighted by atomic mass is 10.1. The van der Waals surface area contributed by atoms with E-state index in [1.165, 1.54) is 17.0 Å². The highest BCUT2D eigenvalue weighted by Gasteiger charge is 2.33. The van der Waals surface area contributed by atoms with Crippen LogP contribution in [0.25, 0.3) is 0 Å². The second kappa shape index (κ2) is 6.14. The summed E-state index contributed by atoms with van der Waals surface area (Å²) in [7, 11) is 1.58. The van der Waals surface area contributed by atoms with Gasteiger partial charge >= 0.3 is 6.18 Å². The number of carbonyl (C=O) groups excluding carboxylic acids is 1. The van der Waals surface area contributed by atoms with E-state index in [0.717, 1.165) is 6.07 Å². The molecule has 0 heterocycles. The summed E-state index contributed by atoms with van der Waals surface area (Å²) in [5.41, 5.74) is -1.04. The summed E-state index contributed by atoms with van der Waals surface area (Å²) in [6.45, 7) is 2.07. The molecule has 0 fully saturated rings. The van der Waals surface area contributed by atoms with E-state index in [4.69, 9.17) is 11.6 Å². The zero-order valence-electron chi connectivity index (χ0n) is 10.5. The van der Waals surface area contributed by atoms with Crippen LogP contribution in [-0.4, -0.2) is 30.9 Å². The molecule has 0 unspecified atom stereocenters. The number of alkyl halides is 3. The molecule has 1 aromatic carbocycles. The van der Waals surface area contributed by atoms with Gasteiger partial charge in [-0.05, 0) is 25.1 Å². The fourth-order valence-electron chi connectivity index (χ4n) is 1.39. The summed E-state index contributed by atoms with van der Waals surface area (Å²) < 4.78 is 38.4. The normalized spacial score (nSPS) is 11.3. The van der Waals surface area contributed by atoms with Crippen LogP contribution in [-0.2, 0) is 11.0 Å². The van der Waals surface area contributed by atoms with Gasteiger partial charge in [0.25, 0.3) is 0 Å². The van der Waals surface area contributed by atoms with Crippen molar-refractivity contribution < 1.29 is 18.0 Å². The lowest BCUT2D eigenvalue weighted by Crippen LogP contribution is -2.32. The Morgan fingerprint density at radius 3 is 2.58 bits per heavy atom. The molecule has 3 nitrogen and oxygen atoms in total. The first-order chi connectivity index (χ1) is 8.75. The predicted molar refractivity (Wildman–Crippen MR) is 68.3 cm³/mol. The molecule has 1 rings (SSSR count). The molecule has 0 atom stereocenters. The Morgan fingerprint density at radius 1 is 1.42 bits per heavy atom. The fourth-order valence-corrected chi connectivity index (χ4v) is 1.56. The van der Waals surface area contributed by atoms with Gasteiger partial charge in [0.15, 0.2) is 0 Å². The summed E-state index contributed by atoms with van der Waals surface area (Å²) in [6, 6.07) is 3.38. The Bertz CT molecular complexity index is 463. The number of nitrogens with one attached hydrogen (secondary N) is 1. The van der Waals surface area contributed by atoms with E-state index < -0.39 is 11.7 Å². The van der Waals surface area contributed by atoms with Crippen LogP contribution in [0.1, 0.15) is 12.5 Å². The Morgan fingerprint density at radius 2 is 2.05 bits per heavy atom. The second-order valence-corrected chi connectivity index (χ2v) is 4.39. The Labute approximate surface area is 114 Å². The molecule has 0 aromatic heterocycles. The largest absolute Gasteiger partial charge is 0.418 e. The minimum atomic E-state index is -4.52. The van der Waals surface area contributed by atoms with Gasteiger partial charge in [-0.2, -0.15) is 13.2 Å². The van der Waals surface area contributed by atoms with Crippen LogP contribution >= 0.6 is 11.6 Å².